The van der Waals surface area contributed by atoms with Crippen LogP contribution in [0.1, 0.15) is 29.6 Å². The largest absolute Gasteiger partial charge is 0.394 e. The number of rotatable bonds is 2. The van der Waals surface area contributed by atoms with Gasteiger partial charge in [0.2, 0.25) is 0 Å². The molecule has 1 aliphatic heterocycles. The molecule has 2 aromatic rings. The average molecular weight is 259 g/mol. The van der Waals surface area contributed by atoms with Crippen molar-refractivity contribution in [3.8, 4) is 0 Å². The van der Waals surface area contributed by atoms with Crippen molar-refractivity contribution in [3.05, 3.63) is 30.0 Å². The number of carbonyl (C=O) groups is 1. The maximum absolute atomic E-state index is 12.5. The van der Waals surface area contributed by atoms with Crippen molar-refractivity contribution in [2.75, 3.05) is 13.2 Å². The summed E-state index contributed by atoms with van der Waals surface area (Å²) in [4.78, 5) is 14.3. The molecule has 100 valence electrons. The van der Waals surface area contributed by atoms with Crippen LogP contribution in [-0.2, 0) is 0 Å². The molecule has 0 aliphatic carbocycles. The van der Waals surface area contributed by atoms with Crippen molar-refractivity contribution in [2.24, 2.45) is 0 Å². The lowest BCUT2D eigenvalue weighted by Crippen LogP contribution is -2.45. The zero-order valence-corrected chi connectivity index (χ0v) is 10.7. The lowest BCUT2D eigenvalue weighted by atomic mass is 10.0. The summed E-state index contributed by atoms with van der Waals surface area (Å²) in [6, 6.07) is 5.50. The van der Waals surface area contributed by atoms with Crippen LogP contribution >= 0.6 is 0 Å². The normalized spacial score (nSPS) is 19.8. The van der Waals surface area contributed by atoms with Gasteiger partial charge in [0.15, 0.2) is 0 Å². The highest BCUT2D eigenvalue weighted by molar-refractivity contribution is 5.97. The number of aromatic amines is 1. The zero-order chi connectivity index (χ0) is 13.2. The molecule has 3 rings (SSSR count). The van der Waals surface area contributed by atoms with Crippen LogP contribution in [-0.4, -0.2) is 45.3 Å². The Balaban J connectivity index is 1.89. The monoisotopic (exact) mass is 259 g/mol. The SMILES string of the molecule is O=C(c1ccc2cn[nH]c2c1)N1CCCCC1CO. The molecule has 1 aliphatic rings. The molecule has 1 fully saturated rings. The third-order valence-electron chi connectivity index (χ3n) is 3.79. The lowest BCUT2D eigenvalue weighted by Gasteiger charge is -2.34. The molecular weight excluding hydrogens is 242 g/mol. The zero-order valence-electron chi connectivity index (χ0n) is 10.7. The number of nitrogens with one attached hydrogen (secondary N) is 1. The number of aromatic nitrogens is 2. The summed E-state index contributed by atoms with van der Waals surface area (Å²) >= 11 is 0. The maximum Gasteiger partial charge on any atom is 0.254 e. The van der Waals surface area contributed by atoms with Crippen LogP contribution in [0.5, 0.6) is 0 Å². The highest BCUT2D eigenvalue weighted by Crippen LogP contribution is 2.21. The molecule has 0 bridgehead atoms. The van der Waals surface area contributed by atoms with E-state index >= 15 is 0 Å². The summed E-state index contributed by atoms with van der Waals surface area (Å²) in [5.41, 5.74) is 1.51. The van der Waals surface area contributed by atoms with E-state index in [4.69, 9.17) is 0 Å². The predicted molar refractivity (Wildman–Crippen MR) is 71.9 cm³/mol. The van der Waals surface area contributed by atoms with Crippen LogP contribution in [0.25, 0.3) is 10.9 Å². The van der Waals surface area contributed by atoms with Crippen LogP contribution in [0.3, 0.4) is 0 Å². The number of likely N-dealkylation sites (tertiary alicyclic amines) is 1. The summed E-state index contributed by atoms with van der Waals surface area (Å²) in [6.45, 7) is 0.767. The Kier molecular flexibility index (Phi) is 3.21. The van der Waals surface area contributed by atoms with E-state index in [1.165, 1.54) is 0 Å². The summed E-state index contributed by atoms with van der Waals surface area (Å²) in [6.07, 6.45) is 4.71. The van der Waals surface area contributed by atoms with Crippen LogP contribution in [0.4, 0.5) is 0 Å². The predicted octanol–water partition coefficient (Wildman–Crippen LogP) is 1.55. The summed E-state index contributed by atoms with van der Waals surface area (Å²) < 4.78 is 0. The third-order valence-corrected chi connectivity index (χ3v) is 3.79. The summed E-state index contributed by atoms with van der Waals surface area (Å²) in [5, 5.41) is 17.2. The van der Waals surface area contributed by atoms with Crippen molar-refractivity contribution < 1.29 is 9.90 Å². The van der Waals surface area contributed by atoms with Gasteiger partial charge in [-0.1, -0.05) is 6.07 Å². The van der Waals surface area contributed by atoms with Gasteiger partial charge in [-0.15, -0.1) is 0 Å². The van der Waals surface area contributed by atoms with Crippen molar-refractivity contribution in [2.45, 2.75) is 25.3 Å². The van der Waals surface area contributed by atoms with Crippen molar-refractivity contribution >= 4 is 16.8 Å². The first kappa shape index (κ1) is 12.2. The fourth-order valence-electron chi connectivity index (χ4n) is 2.69. The Hall–Kier alpha value is -1.88. The van der Waals surface area contributed by atoms with Crippen LogP contribution in [0.15, 0.2) is 24.4 Å². The number of hydrogen-bond acceptors (Lipinski definition) is 3. The van der Waals surface area contributed by atoms with E-state index in [9.17, 15) is 9.90 Å². The molecule has 5 heteroatoms. The number of carbonyl (C=O) groups excluding carboxylic acids is 1. The second kappa shape index (κ2) is 5.01. The van der Waals surface area contributed by atoms with Gasteiger partial charge in [-0.25, -0.2) is 0 Å². The number of piperidine rings is 1. The van der Waals surface area contributed by atoms with E-state index in [0.717, 1.165) is 36.7 Å². The van der Waals surface area contributed by atoms with Gasteiger partial charge in [-0.2, -0.15) is 5.10 Å². The molecule has 5 nitrogen and oxygen atoms in total. The van der Waals surface area contributed by atoms with Gasteiger partial charge in [0, 0.05) is 17.5 Å². The van der Waals surface area contributed by atoms with Gasteiger partial charge >= 0.3 is 0 Å². The first-order chi connectivity index (χ1) is 9.29. The molecule has 1 aromatic heterocycles. The van der Waals surface area contributed by atoms with Crippen molar-refractivity contribution in [1.29, 1.82) is 0 Å². The van der Waals surface area contributed by atoms with Gasteiger partial charge in [0.1, 0.15) is 0 Å². The first-order valence-electron chi connectivity index (χ1n) is 6.64. The summed E-state index contributed by atoms with van der Waals surface area (Å²) in [5.74, 6) is -0.00440. The third kappa shape index (κ3) is 2.21. The second-order valence-corrected chi connectivity index (χ2v) is 5.00. The smallest absolute Gasteiger partial charge is 0.254 e. The Morgan fingerprint density at radius 2 is 2.37 bits per heavy atom. The second-order valence-electron chi connectivity index (χ2n) is 5.00. The van der Waals surface area contributed by atoms with Gasteiger partial charge in [-0.05, 0) is 31.4 Å². The minimum atomic E-state index is -0.0429. The molecule has 1 aromatic carbocycles. The highest BCUT2D eigenvalue weighted by atomic mass is 16.3. The Bertz CT molecular complexity index is 593. The van der Waals surface area contributed by atoms with E-state index in [0.29, 0.717) is 5.56 Å². The van der Waals surface area contributed by atoms with Crippen LogP contribution in [0.2, 0.25) is 0 Å². The Morgan fingerprint density at radius 1 is 1.47 bits per heavy atom. The van der Waals surface area contributed by atoms with Gasteiger partial charge in [-0.3, -0.25) is 9.89 Å². The van der Waals surface area contributed by atoms with Gasteiger partial charge in [0.25, 0.3) is 5.91 Å². The van der Waals surface area contributed by atoms with E-state index in [1.807, 2.05) is 18.2 Å². The number of nitrogens with zero attached hydrogens (tertiary/aromatic N) is 2. The number of aliphatic hydroxyl groups excluding tert-OH is 1. The number of hydrogen-bond donors (Lipinski definition) is 2. The molecule has 2 N–H and O–H groups in total. The highest BCUT2D eigenvalue weighted by Gasteiger charge is 2.26. The fourth-order valence-corrected chi connectivity index (χ4v) is 2.69. The fraction of sp³-hybridized carbons (Fsp3) is 0.429. The van der Waals surface area contributed by atoms with E-state index < -0.39 is 0 Å². The number of aliphatic hydroxyl groups is 1. The topological polar surface area (TPSA) is 69.2 Å². The molecule has 0 spiro atoms. The molecular formula is C14H17N3O2. The molecule has 1 unspecified atom stereocenters. The molecule has 1 atom stereocenters. The van der Waals surface area contributed by atoms with Gasteiger partial charge < -0.3 is 10.0 Å². The molecule has 0 saturated carbocycles. The molecule has 0 radical (unpaired) electrons. The van der Waals surface area contributed by atoms with E-state index in [-0.39, 0.29) is 18.6 Å². The maximum atomic E-state index is 12.5. The molecule has 1 amide bonds. The van der Waals surface area contributed by atoms with E-state index in [2.05, 4.69) is 10.2 Å². The Morgan fingerprint density at radius 3 is 3.21 bits per heavy atom. The minimum Gasteiger partial charge on any atom is -0.394 e. The Labute approximate surface area is 111 Å². The standard InChI is InChI=1S/C14H17N3O2/c18-9-12-3-1-2-6-17(12)14(19)10-4-5-11-8-15-16-13(11)7-10/h4-5,7-8,12,18H,1-3,6,9H2,(H,15,16). The number of benzene rings is 1. The molecule has 1 saturated heterocycles. The van der Waals surface area contributed by atoms with Crippen molar-refractivity contribution in [1.82, 2.24) is 15.1 Å². The van der Waals surface area contributed by atoms with Crippen molar-refractivity contribution in [3.63, 3.8) is 0 Å². The first-order valence-corrected chi connectivity index (χ1v) is 6.64. The molecule has 2 heterocycles. The average Bonchev–Trinajstić information content (AvgIpc) is 2.93. The number of amides is 1. The summed E-state index contributed by atoms with van der Waals surface area (Å²) in [7, 11) is 0. The number of H-pyrrole nitrogens is 1. The quantitative estimate of drug-likeness (QED) is 0.859. The number of fused-ring (bicyclic) bond motifs is 1. The van der Waals surface area contributed by atoms with Crippen LogP contribution < -0.4 is 0 Å². The van der Waals surface area contributed by atoms with E-state index in [1.54, 1.807) is 11.1 Å². The molecule has 19 heavy (non-hydrogen) atoms. The lowest BCUT2D eigenvalue weighted by molar-refractivity contribution is 0.0503. The van der Waals surface area contributed by atoms with Gasteiger partial charge in [0.05, 0.1) is 24.4 Å². The van der Waals surface area contributed by atoms with Crippen LogP contribution in [0, 0.1) is 0 Å². The minimum absolute atomic E-state index is 0.00440.